The zero-order valence-electron chi connectivity index (χ0n) is 9.49. The van der Waals surface area contributed by atoms with Crippen molar-refractivity contribution in [3.63, 3.8) is 0 Å². The predicted octanol–water partition coefficient (Wildman–Crippen LogP) is 3.26. The Morgan fingerprint density at radius 1 is 1.16 bits per heavy atom. The number of ether oxygens (including phenoxy) is 1. The number of benzene rings is 1. The molecule has 0 N–H and O–H groups in total. The first kappa shape index (κ1) is 12.9. The number of hydrogen-bond donors (Lipinski definition) is 0. The number of alkyl halides is 2. The highest BCUT2D eigenvalue weighted by atomic mass is 19.3. The molecule has 2 aromatic rings. The van der Waals surface area contributed by atoms with E-state index in [1.54, 1.807) is 12.1 Å². The molecule has 1 aromatic carbocycles. The number of aromatic nitrogens is 1. The first-order chi connectivity index (χ1) is 9.08. The monoisotopic (exact) mass is 266 g/mol. The van der Waals surface area contributed by atoms with Crippen LogP contribution < -0.4 is 4.74 Å². The van der Waals surface area contributed by atoms with E-state index >= 15 is 0 Å². The van der Waals surface area contributed by atoms with Gasteiger partial charge in [0.1, 0.15) is 0 Å². The lowest BCUT2D eigenvalue weighted by Crippen LogP contribution is -2.04. The zero-order valence-corrected chi connectivity index (χ0v) is 9.49. The Bertz CT molecular complexity index is 591. The van der Waals surface area contributed by atoms with Crippen LogP contribution in [-0.4, -0.2) is 16.5 Å². The van der Waals surface area contributed by atoms with E-state index in [0.717, 1.165) is 6.07 Å². The van der Waals surface area contributed by atoms with E-state index in [4.69, 9.17) is 0 Å². The van der Waals surface area contributed by atoms with E-state index in [1.807, 2.05) is 0 Å². The van der Waals surface area contributed by atoms with Crippen molar-refractivity contribution in [2.24, 2.45) is 0 Å². The van der Waals surface area contributed by atoms with Gasteiger partial charge in [-0.3, -0.25) is 15.1 Å². The largest absolute Gasteiger partial charge is 0.427 e. The summed E-state index contributed by atoms with van der Waals surface area (Å²) in [5, 5.41) is 10.7. The standard InChI is InChI=1S/C12H8F2N2O3/c13-12(14)19-11-7-9(1-2-10(11)16(17)18)8-3-5-15-6-4-8/h1-7,12H. The van der Waals surface area contributed by atoms with Gasteiger partial charge in [0.2, 0.25) is 5.75 Å². The van der Waals surface area contributed by atoms with Gasteiger partial charge in [-0.05, 0) is 35.4 Å². The molecule has 98 valence electrons. The maximum Gasteiger partial charge on any atom is 0.387 e. The minimum absolute atomic E-state index is 0.464. The fourth-order valence-corrected chi connectivity index (χ4v) is 1.58. The summed E-state index contributed by atoms with van der Waals surface area (Å²) in [6, 6.07) is 7.12. The van der Waals surface area contributed by atoms with Gasteiger partial charge in [-0.1, -0.05) is 0 Å². The number of nitro benzene ring substituents is 1. The summed E-state index contributed by atoms with van der Waals surface area (Å²) < 4.78 is 28.7. The molecule has 19 heavy (non-hydrogen) atoms. The second-order valence-corrected chi connectivity index (χ2v) is 3.55. The quantitative estimate of drug-likeness (QED) is 0.629. The lowest BCUT2D eigenvalue weighted by Gasteiger charge is -2.07. The predicted molar refractivity (Wildman–Crippen MR) is 63.0 cm³/mol. The molecule has 0 spiro atoms. The summed E-state index contributed by atoms with van der Waals surface area (Å²) in [7, 11) is 0. The van der Waals surface area contributed by atoms with Gasteiger partial charge in [0.15, 0.2) is 0 Å². The van der Waals surface area contributed by atoms with Crippen molar-refractivity contribution >= 4 is 5.69 Å². The Balaban J connectivity index is 2.46. The summed E-state index contributed by atoms with van der Waals surface area (Å²) >= 11 is 0. The average Bonchev–Trinajstić information content (AvgIpc) is 2.38. The second-order valence-electron chi connectivity index (χ2n) is 3.55. The van der Waals surface area contributed by atoms with Crippen molar-refractivity contribution in [1.29, 1.82) is 0 Å². The second kappa shape index (κ2) is 5.38. The minimum atomic E-state index is -3.12. The van der Waals surface area contributed by atoms with Gasteiger partial charge in [0.25, 0.3) is 0 Å². The third-order valence-electron chi connectivity index (χ3n) is 2.39. The number of rotatable bonds is 4. The van der Waals surface area contributed by atoms with Crippen LogP contribution in [0.25, 0.3) is 11.1 Å². The maximum absolute atomic E-state index is 12.2. The van der Waals surface area contributed by atoms with Gasteiger partial charge in [-0.2, -0.15) is 8.78 Å². The van der Waals surface area contributed by atoms with E-state index in [0.29, 0.717) is 11.1 Å². The average molecular weight is 266 g/mol. The zero-order chi connectivity index (χ0) is 13.8. The first-order valence-corrected chi connectivity index (χ1v) is 5.21. The molecule has 0 aliphatic carbocycles. The SMILES string of the molecule is O=[N+]([O-])c1ccc(-c2ccncc2)cc1OC(F)F. The van der Waals surface area contributed by atoms with Crippen molar-refractivity contribution in [3.05, 3.63) is 52.8 Å². The fraction of sp³-hybridized carbons (Fsp3) is 0.0833. The highest BCUT2D eigenvalue weighted by molar-refractivity contribution is 5.68. The molecule has 7 heteroatoms. The Hall–Kier alpha value is -2.57. The molecule has 0 unspecified atom stereocenters. The van der Waals surface area contributed by atoms with Crippen LogP contribution in [0.1, 0.15) is 0 Å². The molecule has 0 amide bonds. The molecule has 0 saturated carbocycles. The van der Waals surface area contributed by atoms with Crippen molar-refractivity contribution < 1.29 is 18.4 Å². The highest BCUT2D eigenvalue weighted by Gasteiger charge is 2.19. The molecule has 0 aliphatic heterocycles. The number of pyridine rings is 1. The first-order valence-electron chi connectivity index (χ1n) is 5.21. The summed E-state index contributed by atoms with van der Waals surface area (Å²) in [6.45, 7) is -3.12. The van der Waals surface area contributed by atoms with E-state index < -0.39 is 23.0 Å². The lowest BCUT2D eigenvalue weighted by molar-refractivity contribution is -0.386. The smallest absolute Gasteiger partial charge is 0.387 e. The van der Waals surface area contributed by atoms with Gasteiger partial charge in [0.05, 0.1) is 4.92 Å². The van der Waals surface area contributed by atoms with Gasteiger partial charge in [-0.15, -0.1) is 0 Å². The topological polar surface area (TPSA) is 65.3 Å². The summed E-state index contributed by atoms with van der Waals surface area (Å²) in [4.78, 5) is 13.8. The Morgan fingerprint density at radius 3 is 2.42 bits per heavy atom. The van der Waals surface area contributed by atoms with Crippen molar-refractivity contribution in [3.8, 4) is 16.9 Å². The van der Waals surface area contributed by atoms with Crippen LogP contribution in [0.3, 0.4) is 0 Å². The van der Waals surface area contributed by atoms with E-state index in [-0.39, 0.29) is 0 Å². The summed E-state index contributed by atoms with van der Waals surface area (Å²) in [5.41, 5.74) is 0.728. The van der Waals surface area contributed by atoms with Crippen LogP contribution in [0.4, 0.5) is 14.5 Å². The summed E-state index contributed by atoms with van der Waals surface area (Å²) in [6.07, 6.45) is 3.06. The molecule has 0 saturated heterocycles. The molecule has 5 nitrogen and oxygen atoms in total. The fourth-order valence-electron chi connectivity index (χ4n) is 1.58. The Labute approximate surface area is 106 Å². The van der Waals surface area contributed by atoms with Gasteiger partial charge < -0.3 is 4.74 Å². The van der Waals surface area contributed by atoms with Crippen LogP contribution in [0.2, 0.25) is 0 Å². The van der Waals surface area contributed by atoms with Crippen LogP contribution in [0.15, 0.2) is 42.7 Å². The Kier molecular flexibility index (Phi) is 3.65. The number of halogens is 2. The van der Waals surface area contributed by atoms with Crippen LogP contribution in [0, 0.1) is 10.1 Å². The van der Waals surface area contributed by atoms with Crippen LogP contribution in [-0.2, 0) is 0 Å². The normalized spacial score (nSPS) is 10.5. The molecule has 0 bridgehead atoms. The number of hydrogen-bond acceptors (Lipinski definition) is 4. The van der Waals surface area contributed by atoms with E-state index in [9.17, 15) is 18.9 Å². The van der Waals surface area contributed by atoms with Crippen LogP contribution in [0.5, 0.6) is 5.75 Å². The molecule has 0 atom stereocenters. The van der Waals surface area contributed by atoms with Gasteiger partial charge >= 0.3 is 12.3 Å². The van der Waals surface area contributed by atoms with Crippen molar-refractivity contribution in [2.45, 2.75) is 6.61 Å². The molecular formula is C12H8F2N2O3. The van der Waals surface area contributed by atoms with Crippen LogP contribution >= 0.6 is 0 Å². The molecular weight excluding hydrogens is 258 g/mol. The van der Waals surface area contributed by atoms with Gasteiger partial charge in [0, 0.05) is 18.5 Å². The third-order valence-corrected chi connectivity index (χ3v) is 2.39. The van der Waals surface area contributed by atoms with Crippen molar-refractivity contribution in [1.82, 2.24) is 4.98 Å². The van der Waals surface area contributed by atoms with E-state index in [2.05, 4.69) is 9.72 Å². The molecule has 0 fully saturated rings. The van der Waals surface area contributed by atoms with Crippen molar-refractivity contribution in [2.75, 3.05) is 0 Å². The molecule has 0 aliphatic rings. The van der Waals surface area contributed by atoms with Gasteiger partial charge in [-0.25, -0.2) is 0 Å². The molecule has 1 heterocycles. The highest BCUT2D eigenvalue weighted by Crippen LogP contribution is 2.33. The molecule has 2 rings (SSSR count). The van der Waals surface area contributed by atoms with E-state index in [1.165, 1.54) is 24.5 Å². The Morgan fingerprint density at radius 2 is 1.84 bits per heavy atom. The minimum Gasteiger partial charge on any atom is -0.427 e. The molecule has 0 radical (unpaired) electrons. The lowest BCUT2D eigenvalue weighted by atomic mass is 10.1. The maximum atomic E-state index is 12.2. The number of nitrogens with zero attached hydrogens (tertiary/aromatic N) is 2. The summed E-state index contributed by atoms with van der Waals surface area (Å²) in [5.74, 6) is -0.464. The molecule has 1 aromatic heterocycles. The number of nitro groups is 1. The third kappa shape index (κ3) is 3.01.